The minimum absolute atomic E-state index is 0.0283. The van der Waals surface area contributed by atoms with Crippen molar-refractivity contribution in [2.75, 3.05) is 0 Å². The molecule has 0 saturated carbocycles. The number of carbonyl (C=O) groups is 1. The lowest BCUT2D eigenvalue weighted by Gasteiger charge is -2.17. The van der Waals surface area contributed by atoms with Crippen LogP contribution in [0, 0.1) is 5.82 Å². The van der Waals surface area contributed by atoms with Crippen LogP contribution in [0.3, 0.4) is 0 Å². The summed E-state index contributed by atoms with van der Waals surface area (Å²) in [4.78, 5) is 16.3. The second-order valence-electron chi connectivity index (χ2n) is 5.97. The van der Waals surface area contributed by atoms with Crippen LogP contribution < -0.4 is 15.4 Å². The molecule has 1 atom stereocenters. The quantitative estimate of drug-likeness (QED) is 0.680. The Kier molecular flexibility index (Phi) is 7.06. The summed E-state index contributed by atoms with van der Waals surface area (Å²) in [5, 5.41) is 5.65. The number of nitrogens with one attached hydrogen (secondary N) is 2. The lowest BCUT2D eigenvalue weighted by molar-refractivity contribution is 0.227. The van der Waals surface area contributed by atoms with E-state index < -0.39 is 17.9 Å². The minimum atomic E-state index is -0.592. The van der Waals surface area contributed by atoms with Crippen molar-refractivity contribution in [1.82, 2.24) is 15.6 Å². The summed E-state index contributed by atoms with van der Waals surface area (Å²) >= 11 is 11.8. The molecule has 2 rings (SSSR count). The monoisotopic (exact) mass is 399 g/mol. The van der Waals surface area contributed by atoms with Crippen molar-refractivity contribution in [2.45, 2.75) is 39.5 Å². The number of hydrogen-bond acceptors (Lipinski definition) is 3. The van der Waals surface area contributed by atoms with Crippen LogP contribution in [0.5, 0.6) is 5.88 Å². The fraction of sp³-hybridized carbons (Fsp3) is 0.333. The van der Waals surface area contributed by atoms with Crippen molar-refractivity contribution >= 4 is 29.2 Å². The Morgan fingerprint density at radius 1 is 1.27 bits per heavy atom. The van der Waals surface area contributed by atoms with E-state index in [0.717, 1.165) is 5.56 Å². The van der Waals surface area contributed by atoms with Crippen molar-refractivity contribution in [2.24, 2.45) is 0 Å². The topological polar surface area (TPSA) is 63.2 Å². The normalized spacial score (nSPS) is 12.0. The van der Waals surface area contributed by atoms with Crippen molar-refractivity contribution in [3.63, 3.8) is 0 Å². The SMILES string of the molecule is CC(C)Oc1ncccc1CNC(=O)NC(C)c1cc(F)c(Cl)cc1Cl. The van der Waals surface area contributed by atoms with Gasteiger partial charge in [0.2, 0.25) is 5.88 Å². The number of carbonyl (C=O) groups excluding carboxylic acids is 1. The zero-order valence-electron chi connectivity index (χ0n) is 14.6. The number of amides is 2. The van der Waals surface area contributed by atoms with E-state index in [-0.39, 0.29) is 22.7 Å². The van der Waals surface area contributed by atoms with Gasteiger partial charge in [0.15, 0.2) is 0 Å². The summed E-state index contributed by atoms with van der Waals surface area (Å²) in [6.45, 7) is 5.73. The highest BCUT2D eigenvalue weighted by atomic mass is 35.5. The fourth-order valence-electron chi connectivity index (χ4n) is 2.26. The molecule has 140 valence electrons. The van der Waals surface area contributed by atoms with Gasteiger partial charge in [0, 0.05) is 23.3 Å². The van der Waals surface area contributed by atoms with Crippen LogP contribution in [-0.4, -0.2) is 17.1 Å². The first kappa shape index (κ1) is 20.3. The largest absolute Gasteiger partial charge is 0.475 e. The Morgan fingerprint density at radius 3 is 2.69 bits per heavy atom. The van der Waals surface area contributed by atoms with Gasteiger partial charge in [-0.15, -0.1) is 0 Å². The Labute approximate surface area is 161 Å². The maximum absolute atomic E-state index is 13.6. The molecule has 0 aliphatic rings. The third-order valence-electron chi connectivity index (χ3n) is 3.49. The van der Waals surface area contributed by atoms with Crippen LogP contribution in [-0.2, 0) is 6.54 Å². The van der Waals surface area contributed by atoms with E-state index in [1.54, 1.807) is 19.2 Å². The van der Waals surface area contributed by atoms with E-state index in [0.29, 0.717) is 11.4 Å². The molecule has 1 aromatic heterocycles. The minimum Gasteiger partial charge on any atom is -0.475 e. The number of urea groups is 1. The van der Waals surface area contributed by atoms with E-state index in [4.69, 9.17) is 27.9 Å². The highest BCUT2D eigenvalue weighted by Crippen LogP contribution is 2.28. The molecule has 2 amide bonds. The van der Waals surface area contributed by atoms with Crippen molar-refractivity contribution < 1.29 is 13.9 Å². The van der Waals surface area contributed by atoms with Gasteiger partial charge in [0.05, 0.1) is 17.2 Å². The first-order valence-electron chi connectivity index (χ1n) is 8.07. The van der Waals surface area contributed by atoms with Crippen LogP contribution in [0.2, 0.25) is 10.0 Å². The van der Waals surface area contributed by atoms with Crippen molar-refractivity contribution in [3.05, 3.63) is 57.5 Å². The molecular weight excluding hydrogens is 380 g/mol. The smallest absolute Gasteiger partial charge is 0.315 e. The number of benzene rings is 1. The number of pyridine rings is 1. The molecule has 1 heterocycles. The molecule has 1 aromatic carbocycles. The Balaban J connectivity index is 1.98. The highest BCUT2D eigenvalue weighted by molar-refractivity contribution is 6.35. The van der Waals surface area contributed by atoms with Crippen LogP contribution >= 0.6 is 23.2 Å². The average molecular weight is 400 g/mol. The van der Waals surface area contributed by atoms with E-state index in [1.807, 2.05) is 19.9 Å². The molecule has 2 aromatic rings. The lowest BCUT2D eigenvalue weighted by atomic mass is 10.1. The van der Waals surface area contributed by atoms with E-state index in [1.165, 1.54) is 12.1 Å². The average Bonchev–Trinajstić information content (AvgIpc) is 2.56. The number of aromatic nitrogens is 1. The van der Waals surface area contributed by atoms with Gasteiger partial charge in [0.25, 0.3) is 0 Å². The Morgan fingerprint density at radius 2 is 2.00 bits per heavy atom. The van der Waals surface area contributed by atoms with Crippen LogP contribution in [0.1, 0.15) is 37.9 Å². The molecule has 26 heavy (non-hydrogen) atoms. The molecule has 0 fully saturated rings. The predicted octanol–water partition coefficient (Wildman–Crippen LogP) is 4.88. The summed E-state index contributed by atoms with van der Waals surface area (Å²) in [7, 11) is 0. The van der Waals surface area contributed by atoms with Gasteiger partial charge in [-0.05, 0) is 44.5 Å². The standard InChI is InChI=1S/C18H20Cl2FN3O2/c1-10(2)26-17-12(5-4-6-22-17)9-23-18(25)24-11(3)13-7-16(21)15(20)8-14(13)19/h4-8,10-11H,9H2,1-3H3,(H2,23,24,25). The number of ether oxygens (including phenoxy) is 1. The molecule has 0 aliphatic heterocycles. The molecule has 0 aliphatic carbocycles. The molecule has 2 N–H and O–H groups in total. The molecular formula is C18H20Cl2FN3O2. The third kappa shape index (κ3) is 5.47. The molecule has 0 saturated heterocycles. The van der Waals surface area contributed by atoms with E-state index in [2.05, 4.69) is 15.6 Å². The Bertz CT molecular complexity index is 787. The number of rotatable bonds is 6. The molecule has 0 radical (unpaired) electrons. The van der Waals surface area contributed by atoms with Crippen LogP contribution in [0.15, 0.2) is 30.5 Å². The first-order valence-corrected chi connectivity index (χ1v) is 8.83. The maximum atomic E-state index is 13.6. The first-order chi connectivity index (χ1) is 12.3. The number of halogens is 3. The molecule has 8 heteroatoms. The van der Waals surface area contributed by atoms with Gasteiger partial charge in [-0.1, -0.05) is 29.3 Å². The summed E-state index contributed by atoms with van der Waals surface area (Å²) < 4.78 is 19.2. The van der Waals surface area contributed by atoms with Gasteiger partial charge in [-0.2, -0.15) is 0 Å². The van der Waals surface area contributed by atoms with Gasteiger partial charge in [-0.3, -0.25) is 0 Å². The van der Waals surface area contributed by atoms with E-state index >= 15 is 0 Å². The molecule has 0 spiro atoms. The molecule has 5 nitrogen and oxygen atoms in total. The fourth-order valence-corrected chi connectivity index (χ4v) is 2.81. The van der Waals surface area contributed by atoms with Gasteiger partial charge >= 0.3 is 6.03 Å². The lowest BCUT2D eigenvalue weighted by Crippen LogP contribution is -2.36. The molecule has 0 bridgehead atoms. The number of nitrogens with zero attached hydrogens (tertiary/aromatic N) is 1. The second kappa shape index (κ2) is 9.05. The third-order valence-corrected chi connectivity index (χ3v) is 4.11. The van der Waals surface area contributed by atoms with E-state index in [9.17, 15) is 9.18 Å². The zero-order valence-corrected chi connectivity index (χ0v) is 16.2. The number of hydrogen-bond donors (Lipinski definition) is 2. The summed E-state index contributed by atoms with van der Waals surface area (Å²) in [5.74, 6) is -0.121. The van der Waals surface area contributed by atoms with Crippen LogP contribution in [0.25, 0.3) is 0 Å². The Hall–Kier alpha value is -2.05. The van der Waals surface area contributed by atoms with Crippen LogP contribution in [0.4, 0.5) is 9.18 Å². The maximum Gasteiger partial charge on any atom is 0.315 e. The highest BCUT2D eigenvalue weighted by Gasteiger charge is 2.16. The zero-order chi connectivity index (χ0) is 19.3. The van der Waals surface area contributed by atoms with Crippen molar-refractivity contribution in [1.29, 1.82) is 0 Å². The molecule has 1 unspecified atom stereocenters. The second-order valence-corrected chi connectivity index (χ2v) is 6.79. The summed E-state index contributed by atoms with van der Waals surface area (Å²) in [5.41, 5.74) is 1.19. The van der Waals surface area contributed by atoms with Gasteiger partial charge < -0.3 is 15.4 Å². The van der Waals surface area contributed by atoms with Gasteiger partial charge in [0.1, 0.15) is 5.82 Å². The summed E-state index contributed by atoms with van der Waals surface area (Å²) in [6.07, 6.45) is 1.60. The van der Waals surface area contributed by atoms with Crippen molar-refractivity contribution in [3.8, 4) is 5.88 Å². The van der Waals surface area contributed by atoms with Gasteiger partial charge in [-0.25, -0.2) is 14.2 Å². The summed E-state index contributed by atoms with van der Waals surface area (Å²) in [6, 6.07) is 5.18. The predicted molar refractivity (Wildman–Crippen MR) is 100 cm³/mol.